The number of carbonyl (C=O) groups excluding carboxylic acids is 1. The summed E-state index contributed by atoms with van der Waals surface area (Å²) in [5.74, 6) is 0.906. The van der Waals surface area contributed by atoms with Gasteiger partial charge in [0.05, 0.1) is 24.5 Å². The molecule has 0 bridgehead atoms. The first-order valence-electron chi connectivity index (χ1n) is 9.22. The standard InChI is InChI=1S/C21H27N3O3/c1-15-8-9-20(27-3)17(14-15)22-21(26)16(2)23-10-12-24(13-11-23)18-6-4-5-7-19(18)25/h4-9,14,16,25H,10-13H2,1-3H3,(H,22,26). The van der Waals surface area contributed by atoms with E-state index in [0.717, 1.165) is 37.4 Å². The number of ether oxygens (including phenoxy) is 1. The molecule has 0 spiro atoms. The summed E-state index contributed by atoms with van der Waals surface area (Å²) in [7, 11) is 1.60. The zero-order valence-electron chi connectivity index (χ0n) is 16.1. The smallest absolute Gasteiger partial charge is 0.241 e. The first-order chi connectivity index (χ1) is 13.0. The van der Waals surface area contributed by atoms with Crippen LogP contribution in [0.4, 0.5) is 11.4 Å². The second-order valence-corrected chi connectivity index (χ2v) is 6.88. The molecule has 3 rings (SSSR count). The van der Waals surface area contributed by atoms with Gasteiger partial charge in [0.15, 0.2) is 0 Å². The van der Waals surface area contributed by atoms with Gasteiger partial charge in [-0.2, -0.15) is 0 Å². The highest BCUT2D eigenvalue weighted by molar-refractivity contribution is 5.96. The summed E-state index contributed by atoms with van der Waals surface area (Å²) in [4.78, 5) is 17.0. The van der Waals surface area contributed by atoms with E-state index in [0.29, 0.717) is 17.2 Å². The minimum Gasteiger partial charge on any atom is -0.506 e. The van der Waals surface area contributed by atoms with Gasteiger partial charge in [0, 0.05) is 26.2 Å². The summed E-state index contributed by atoms with van der Waals surface area (Å²) in [6.45, 7) is 6.96. The fourth-order valence-corrected chi connectivity index (χ4v) is 3.40. The van der Waals surface area contributed by atoms with Crippen LogP contribution >= 0.6 is 0 Å². The highest BCUT2D eigenvalue weighted by Crippen LogP contribution is 2.28. The Kier molecular flexibility index (Phi) is 5.86. The minimum absolute atomic E-state index is 0.0464. The first-order valence-corrected chi connectivity index (χ1v) is 9.22. The van der Waals surface area contributed by atoms with E-state index in [1.54, 1.807) is 13.2 Å². The maximum Gasteiger partial charge on any atom is 0.241 e. The number of hydrogen-bond acceptors (Lipinski definition) is 5. The lowest BCUT2D eigenvalue weighted by molar-refractivity contribution is -0.120. The summed E-state index contributed by atoms with van der Waals surface area (Å²) in [5, 5.41) is 13.0. The van der Waals surface area contributed by atoms with Crippen molar-refractivity contribution in [2.24, 2.45) is 0 Å². The second-order valence-electron chi connectivity index (χ2n) is 6.88. The van der Waals surface area contributed by atoms with E-state index in [1.165, 1.54) is 0 Å². The fourth-order valence-electron chi connectivity index (χ4n) is 3.40. The highest BCUT2D eigenvalue weighted by Gasteiger charge is 2.27. The Balaban J connectivity index is 1.61. The lowest BCUT2D eigenvalue weighted by atomic mass is 10.1. The molecule has 0 aliphatic carbocycles. The predicted molar refractivity (Wildman–Crippen MR) is 108 cm³/mol. The first kappa shape index (κ1) is 19.0. The molecule has 0 aromatic heterocycles. The van der Waals surface area contributed by atoms with Crippen LogP contribution in [0.2, 0.25) is 0 Å². The third-order valence-corrected chi connectivity index (χ3v) is 5.08. The second kappa shape index (κ2) is 8.31. The molecule has 1 aliphatic rings. The molecular weight excluding hydrogens is 342 g/mol. The maximum atomic E-state index is 12.7. The van der Waals surface area contributed by atoms with Crippen LogP contribution in [0.1, 0.15) is 12.5 Å². The quantitative estimate of drug-likeness (QED) is 0.848. The van der Waals surface area contributed by atoms with Crippen LogP contribution < -0.4 is 15.0 Å². The van der Waals surface area contributed by atoms with E-state index in [2.05, 4.69) is 15.1 Å². The number of phenols is 1. The third kappa shape index (κ3) is 4.34. The predicted octanol–water partition coefficient (Wildman–Crippen LogP) is 2.86. The Labute approximate surface area is 160 Å². The average Bonchev–Trinajstić information content (AvgIpc) is 2.68. The summed E-state index contributed by atoms with van der Waals surface area (Å²) in [6, 6.07) is 12.9. The number of methoxy groups -OCH3 is 1. The van der Waals surface area contributed by atoms with Gasteiger partial charge in [0.25, 0.3) is 0 Å². The number of amides is 1. The molecule has 0 radical (unpaired) electrons. The summed E-state index contributed by atoms with van der Waals surface area (Å²) < 4.78 is 5.34. The number of carbonyl (C=O) groups is 1. The topological polar surface area (TPSA) is 65.0 Å². The zero-order valence-corrected chi connectivity index (χ0v) is 16.1. The number of piperazine rings is 1. The van der Waals surface area contributed by atoms with E-state index in [-0.39, 0.29) is 11.9 Å². The third-order valence-electron chi connectivity index (χ3n) is 5.08. The van der Waals surface area contributed by atoms with Crippen molar-refractivity contribution >= 4 is 17.3 Å². The Bertz CT molecular complexity index is 801. The van der Waals surface area contributed by atoms with Gasteiger partial charge in [0.1, 0.15) is 11.5 Å². The number of phenolic OH excluding ortho intramolecular Hbond substituents is 1. The number of benzene rings is 2. The van der Waals surface area contributed by atoms with Crippen molar-refractivity contribution in [2.45, 2.75) is 19.9 Å². The van der Waals surface area contributed by atoms with Crippen molar-refractivity contribution in [1.29, 1.82) is 0 Å². The van der Waals surface area contributed by atoms with Crippen LogP contribution in [0, 0.1) is 6.92 Å². The van der Waals surface area contributed by atoms with Crippen molar-refractivity contribution < 1.29 is 14.6 Å². The normalized spacial score (nSPS) is 16.0. The molecule has 2 aromatic rings. The Morgan fingerprint density at radius 1 is 1.15 bits per heavy atom. The SMILES string of the molecule is COc1ccc(C)cc1NC(=O)C(C)N1CCN(c2ccccc2O)CC1. The monoisotopic (exact) mass is 369 g/mol. The van der Waals surface area contributed by atoms with Crippen molar-refractivity contribution in [3.05, 3.63) is 48.0 Å². The largest absolute Gasteiger partial charge is 0.506 e. The van der Waals surface area contributed by atoms with Gasteiger partial charge >= 0.3 is 0 Å². The number of aromatic hydroxyl groups is 1. The molecule has 1 saturated heterocycles. The van der Waals surface area contributed by atoms with Crippen LogP contribution in [0.25, 0.3) is 0 Å². The van der Waals surface area contributed by atoms with Crippen molar-refractivity contribution in [3.8, 4) is 11.5 Å². The number of nitrogens with zero attached hydrogens (tertiary/aromatic N) is 2. The molecular formula is C21H27N3O3. The van der Waals surface area contributed by atoms with Gasteiger partial charge in [0.2, 0.25) is 5.91 Å². The van der Waals surface area contributed by atoms with Crippen molar-refractivity contribution in [1.82, 2.24) is 4.90 Å². The average molecular weight is 369 g/mol. The van der Waals surface area contributed by atoms with Gasteiger partial charge in [-0.05, 0) is 43.7 Å². The van der Waals surface area contributed by atoms with E-state index < -0.39 is 0 Å². The number of nitrogens with one attached hydrogen (secondary N) is 1. The Hall–Kier alpha value is -2.73. The van der Waals surface area contributed by atoms with E-state index >= 15 is 0 Å². The molecule has 144 valence electrons. The maximum absolute atomic E-state index is 12.7. The molecule has 6 nitrogen and oxygen atoms in total. The number of aryl methyl sites for hydroxylation is 1. The van der Waals surface area contributed by atoms with Crippen LogP contribution in [0.15, 0.2) is 42.5 Å². The lowest BCUT2D eigenvalue weighted by Gasteiger charge is -2.38. The van der Waals surface area contributed by atoms with Crippen LogP contribution in [-0.4, -0.2) is 55.2 Å². The van der Waals surface area contributed by atoms with Gasteiger partial charge in [-0.25, -0.2) is 0 Å². The molecule has 2 aromatic carbocycles. The van der Waals surface area contributed by atoms with E-state index in [9.17, 15) is 9.90 Å². The van der Waals surface area contributed by atoms with Gasteiger partial charge in [-0.1, -0.05) is 18.2 Å². The number of rotatable bonds is 5. The minimum atomic E-state index is -0.248. The molecule has 2 N–H and O–H groups in total. The van der Waals surface area contributed by atoms with Gasteiger partial charge in [-0.15, -0.1) is 0 Å². The van der Waals surface area contributed by atoms with Crippen LogP contribution in [0.3, 0.4) is 0 Å². The zero-order chi connectivity index (χ0) is 19.4. The fraction of sp³-hybridized carbons (Fsp3) is 0.381. The number of hydrogen-bond donors (Lipinski definition) is 2. The Morgan fingerprint density at radius 2 is 1.85 bits per heavy atom. The molecule has 6 heteroatoms. The highest BCUT2D eigenvalue weighted by atomic mass is 16.5. The van der Waals surface area contributed by atoms with Gasteiger partial charge < -0.3 is 20.1 Å². The summed E-state index contributed by atoms with van der Waals surface area (Å²) in [6.07, 6.45) is 0. The summed E-state index contributed by atoms with van der Waals surface area (Å²) >= 11 is 0. The molecule has 0 saturated carbocycles. The van der Waals surface area contributed by atoms with Crippen molar-refractivity contribution in [2.75, 3.05) is 43.5 Å². The van der Waals surface area contributed by atoms with Crippen LogP contribution in [-0.2, 0) is 4.79 Å². The molecule has 1 unspecified atom stereocenters. The number of anilines is 2. The van der Waals surface area contributed by atoms with Crippen molar-refractivity contribution in [3.63, 3.8) is 0 Å². The lowest BCUT2D eigenvalue weighted by Crippen LogP contribution is -2.52. The van der Waals surface area contributed by atoms with Gasteiger partial charge in [-0.3, -0.25) is 9.69 Å². The number of para-hydroxylation sites is 2. The van der Waals surface area contributed by atoms with E-state index in [4.69, 9.17) is 4.74 Å². The van der Waals surface area contributed by atoms with Crippen LogP contribution in [0.5, 0.6) is 11.5 Å². The Morgan fingerprint density at radius 3 is 2.52 bits per heavy atom. The molecule has 27 heavy (non-hydrogen) atoms. The molecule has 1 heterocycles. The van der Waals surface area contributed by atoms with E-state index in [1.807, 2.05) is 50.2 Å². The molecule has 1 aliphatic heterocycles. The summed E-state index contributed by atoms with van der Waals surface area (Å²) in [5.41, 5.74) is 2.61. The molecule has 1 fully saturated rings. The molecule has 1 atom stereocenters. The molecule has 1 amide bonds.